The molecule has 0 radical (unpaired) electrons. The van der Waals surface area contributed by atoms with Crippen LogP contribution in [0.15, 0.2) is 24.3 Å². The number of nitrogens with zero attached hydrogens (tertiary/aromatic N) is 2. The van der Waals surface area contributed by atoms with E-state index >= 15 is 0 Å². The first kappa shape index (κ1) is 13.5. The van der Waals surface area contributed by atoms with E-state index in [9.17, 15) is 4.79 Å². The smallest absolute Gasteiger partial charge is 0.253 e. The predicted molar refractivity (Wildman–Crippen MR) is 68.1 cm³/mol. The topological polar surface area (TPSA) is 44.1 Å². The quantitative estimate of drug-likeness (QED) is 0.754. The lowest BCUT2D eigenvalue weighted by Gasteiger charge is -2.20. The Kier molecular flexibility index (Phi) is 5.51. The van der Waals surface area contributed by atoms with Crippen molar-refractivity contribution in [3.05, 3.63) is 35.4 Å². The molecule has 4 heteroatoms. The lowest BCUT2D eigenvalue weighted by molar-refractivity contribution is 0.0765. The summed E-state index contributed by atoms with van der Waals surface area (Å²) in [6, 6.07) is 8.79. The van der Waals surface area contributed by atoms with Crippen LogP contribution in [0.3, 0.4) is 0 Å². The van der Waals surface area contributed by atoms with Crippen molar-refractivity contribution in [3.8, 4) is 6.07 Å². The summed E-state index contributed by atoms with van der Waals surface area (Å²) in [5, 5.41) is 8.79. The summed E-state index contributed by atoms with van der Waals surface area (Å²) >= 11 is 5.62. The number of rotatable bonds is 5. The number of halogens is 1. The van der Waals surface area contributed by atoms with Crippen LogP contribution >= 0.6 is 11.6 Å². The molecule has 0 saturated carbocycles. The average molecular weight is 251 g/mol. The molecule has 0 saturated heterocycles. The van der Waals surface area contributed by atoms with Crippen molar-refractivity contribution >= 4 is 17.5 Å². The van der Waals surface area contributed by atoms with Crippen molar-refractivity contribution < 1.29 is 4.79 Å². The Hall–Kier alpha value is -1.53. The molecule has 0 fully saturated rings. The molecule has 0 aliphatic rings. The summed E-state index contributed by atoms with van der Waals surface area (Å²) in [6.07, 6.45) is 0.777. The highest BCUT2D eigenvalue weighted by Gasteiger charge is 2.13. The van der Waals surface area contributed by atoms with Crippen molar-refractivity contribution in [2.24, 2.45) is 0 Å². The van der Waals surface area contributed by atoms with Gasteiger partial charge in [0.25, 0.3) is 5.91 Å². The predicted octanol–water partition coefficient (Wildman–Crippen LogP) is 2.65. The molecule has 0 spiro atoms. The molecule has 0 heterocycles. The number of hydrogen-bond acceptors (Lipinski definition) is 2. The summed E-state index contributed by atoms with van der Waals surface area (Å²) in [7, 11) is 0. The Balaban J connectivity index is 2.82. The van der Waals surface area contributed by atoms with Crippen LogP contribution in [0.25, 0.3) is 0 Å². The highest BCUT2D eigenvalue weighted by molar-refractivity contribution is 6.17. The highest BCUT2D eigenvalue weighted by Crippen LogP contribution is 2.08. The molecule has 0 unspecified atom stereocenters. The molecule has 1 aromatic carbocycles. The molecule has 0 atom stereocenters. The first-order chi connectivity index (χ1) is 8.22. The van der Waals surface area contributed by atoms with Crippen LogP contribution in [0.4, 0.5) is 0 Å². The van der Waals surface area contributed by atoms with Gasteiger partial charge < -0.3 is 4.90 Å². The zero-order valence-electron chi connectivity index (χ0n) is 9.82. The third kappa shape index (κ3) is 3.76. The summed E-state index contributed by atoms with van der Waals surface area (Å²) in [5.74, 6) is 0.497. The van der Waals surface area contributed by atoms with E-state index in [-0.39, 0.29) is 5.91 Å². The van der Waals surface area contributed by atoms with E-state index in [0.29, 0.717) is 30.1 Å². The molecule has 1 amide bonds. The molecule has 1 rings (SSSR count). The molecular formula is C13H15ClN2O. The largest absolute Gasteiger partial charge is 0.339 e. The van der Waals surface area contributed by atoms with Gasteiger partial charge in [0.1, 0.15) is 0 Å². The fourth-order valence-corrected chi connectivity index (χ4v) is 1.68. The third-order valence-electron chi connectivity index (χ3n) is 2.47. The molecule has 0 aliphatic carbocycles. The van der Waals surface area contributed by atoms with E-state index in [4.69, 9.17) is 16.9 Å². The number of carbonyl (C=O) groups excluding carboxylic acids is 1. The minimum absolute atomic E-state index is 0.0466. The summed E-state index contributed by atoms with van der Waals surface area (Å²) in [5.41, 5.74) is 1.06. The monoisotopic (exact) mass is 250 g/mol. The van der Waals surface area contributed by atoms with Gasteiger partial charge in [-0.15, -0.1) is 11.6 Å². The van der Waals surface area contributed by atoms with Gasteiger partial charge >= 0.3 is 0 Å². The second-order valence-electron chi connectivity index (χ2n) is 3.62. The van der Waals surface area contributed by atoms with Gasteiger partial charge in [0.15, 0.2) is 0 Å². The van der Waals surface area contributed by atoms with Crippen molar-refractivity contribution in [2.75, 3.05) is 19.0 Å². The zero-order valence-corrected chi connectivity index (χ0v) is 10.6. The number of amides is 1. The van der Waals surface area contributed by atoms with Gasteiger partial charge in [-0.1, -0.05) is 6.07 Å². The molecule has 1 aromatic rings. The summed E-state index contributed by atoms with van der Waals surface area (Å²) in [4.78, 5) is 13.9. The Morgan fingerprint density at radius 3 is 2.88 bits per heavy atom. The lowest BCUT2D eigenvalue weighted by atomic mass is 10.1. The number of nitriles is 1. The van der Waals surface area contributed by atoms with Crippen LogP contribution in [-0.2, 0) is 0 Å². The number of carbonyl (C=O) groups is 1. The van der Waals surface area contributed by atoms with E-state index in [1.165, 1.54) is 0 Å². The Labute approximate surface area is 107 Å². The first-order valence-electron chi connectivity index (χ1n) is 5.58. The minimum atomic E-state index is -0.0466. The van der Waals surface area contributed by atoms with Crippen molar-refractivity contribution in [2.45, 2.75) is 13.3 Å². The molecular weight excluding hydrogens is 236 g/mol. The average Bonchev–Trinajstić information content (AvgIpc) is 2.39. The summed E-state index contributed by atoms with van der Waals surface area (Å²) in [6.45, 7) is 3.22. The second-order valence-corrected chi connectivity index (χ2v) is 4.00. The molecule has 17 heavy (non-hydrogen) atoms. The SMILES string of the molecule is CCN(CCCCl)C(=O)c1cccc(C#N)c1. The molecule has 90 valence electrons. The number of alkyl halides is 1. The van der Waals surface area contributed by atoms with E-state index in [1.807, 2.05) is 13.0 Å². The maximum Gasteiger partial charge on any atom is 0.253 e. The van der Waals surface area contributed by atoms with Gasteiger partial charge in [0, 0.05) is 24.5 Å². The van der Waals surface area contributed by atoms with Gasteiger partial charge in [-0.3, -0.25) is 4.79 Å². The molecule has 0 bridgehead atoms. The fraction of sp³-hybridized carbons (Fsp3) is 0.385. The Bertz CT molecular complexity index is 426. The van der Waals surface area contributed by atoms with Gasteiger partial charge in [0.05, 0.1) is 11.6 Å². The summed E-state index contributed by atoms with van der Waals surface area (Å²) < 4.78 is 0. The van der Waals surface area contributed by atoms with Gasteiger partial charge in [-0.25, -0.2) is 0 Å². The van der Waals surface area contributed by atoms with Crippen molar-refractivity contribution in [3.63, 3.8) is 0 Å². The fourth-order valence-electron chi connectivity index (χ4n) is 1.56. The van der Waals surface area contributed by atoms with Gasteiger partial charge in [0.2, 0.25) is 0 Å². The van der Waals surface area contributed by atoms with Crippen molar-refractivity contribution in [1.29, 1.82) is 5.26 Å². The molecule has 0 N–H and O–H groups in total. The van der Waals surface area contributed by atoms with E-state index in [1.54, 1.807) is 29.2 Å². The maximum absolute atomic E-state index is 12.1. The standard InChI is InChI=1S/C13H15ClN2O/c1-2-16(8-4-7-14)13(17)12-6-3-5-11(9-12)10-15/h3,5-6,9H,2,4,7-8H2,1H3. The molecule has 0 aromatic heterocycles. The maximum atomic E-state index is 12.1. The van der Waals surface area contributed by atoms with Gasteiger partial charge in [-0.2, -0.15) is 5.26 Å². The molecule has 3 nitrogen and oxygen atoms in total. The minimum Gasteiger partial charge on any atom is -0.339 e. The van der Waals surface area contributed by atoms with Crippen LogP contribution in [0.5, 0.6) is 0 Å². The van der Waals surface area contributed by atoms with Crippen molar-refractivity contribution in [1.82, 2.24) is 4.90 Å². The van der Waals surface area contributed by atoms with Crippen LogP contribution in [0, 0.1) is 11.3 Å². The normalized spacial score (nSPS) is 9.71. The zero-order chi connectivity index (χ0) is 12.7. The van der Waals surface area contributed by atoms with Crippen LogP contribution < -0.4 is 0 Å². The second kappa shape index (κ2) is 6.93. The van der Waals surface area contributed by atoms with E-state index in [0.717, 1.165) is 6.42 Å². The van der Waals surface area contributed by atoms with Crippen LogP contribution in [0.2, 0.25) is 0 Å². The number of hydrogen-bond donors (Lipinski definition) is 0. The molecule has 0 aliphatic heterocycles. The van der Waals surface area contributed by atoms with Gasteiger partial charge in [-0.05, 0) is 31.5 Å². The lowest BCUT2D eigenvalue weighted by Crippen LogP contribution is -2.32. The van der Waals surface area contributed by atoms with Crippen LogP contribution in [0.1, 0.15) is 29.3 Å². The Morgan fingerprint density at radius 1 is 1.53 bits per heavy atom. The first-order valence-corrected chi connectivity index (χ1v) is 6.11. The number of benzene rings is 1. The third-order valence-corrected chi connectivity index (χ3v) is 2.74. The van der Waals surface area contributed by atoms with E-state index in [2.05, 4.69) is 0 Å². The Morgan fingerprint density at radius 2 is 2.29 bits per heavy atom. The van der Waals surface area contributed by atoms with E-state index < -0.39 is 0 Å². The van der Waals surface area contributed by atoms with Crippen LogP contribution in [-0.4, -0.2) is 29.8 Å². The highest BCUT2D eigenvalue weighted by atomic mass is 35.5.